The van der Waals surface area contributed by atoms with Gasteiger partial charge in [-0.1, -0.05) is 23.8 Å². The zero-order valence-electron chi connectivity index (χ0n) is 9.11. The van der Waals surface area contributed by atoms with Crippen molar-refractivity contribution in [3.05, 3.63) is 34.9 Å². The number of halogens is 2. The molecule has 0 saturated heterocycles. The van der Waals surface area contributed by atoms with E-state index in [9.17, 15) is 8.50 Å². The molecule has 3 heteroatoms. The second kappa shape index (κ2) is 7.68. The fourth-order valence-corrected chi connectivity index (χ4v) is 1.33. The molecule has 0 unspecified atom stereocenters. The minimum absolute atomic E-state index is 0.194. The Bertz CT molecular complexity index is 261. The predicted octanol–water partition coefficient (Wildman–Crippen LogP) is 2.44. The second-order valence-electron chi connectivity index (χ2n) is 3.22. The minimum Gasteiger partial charge on any atom is -0.327 e. The van der Waals surface area contributed by atoms with Crippen molar-refractivity contribution in [2.75, 3.05) is 6.67 Å². The van der Waals surface area contributed by atoms with E-state index in [4.69, 9.17) is 0 Å². The van der Waals surface area contributed by atoms with E-state index >= 15 is 0 Å². The molecule has 1 aromatic rings. The first-order valence-electron chi connectivity index (χ1n) is 4.74. The topological polar surface area (TPSA) is 0 Å². The van der Waals surface area contributed by atoms with Crippen LogP contribution in [0.4, 0.5) is 8.50 Å². The van der Waals surface area contributed by atoms with Crippen LogP contribution in [0.2, 0.25) is 0 Å². The van der Waals surface area contributed by atoms with Crippen LogP contribution >= 0.6 is 0 Å². The third kappa shape index (κ3) is 4.51. The van der Waals surface area contributed by atoms with Gasteiger partial charge in [0.05, 0.1) is 6.67 Å². The van der Waals surface area contributed by atoms with E-state index in [1.54, 1.807) is 0 Å². The van der Waals surface area contributed by atoms with Gasteiger partial charge in [-0.3, -0.25) is 4.39 Å². The lowest BCUT2D eigenvalue weighted by Crippen LogP contribution is -1.91. The molecule has 0 aliphatic carbocycles. The van der Waals surface area contributed by atoms with Crippen molar-refractivity contribution in [1.29, 1.82) is 0 Å². The summed E-state index contributed by atoms with van der Waals surface area (Å²) in [4.78, 5) is 0. The van der Waals surface area contributed by atoms with E-state index in [1.807, 2.05) is 0 Å². The van der Waals surface area contributed by atoms with Gasteiger partial charge < -0.3 is 4.11 Å². The van der Waals surface area contributed by atoms with Gasteiger partial charge in [-0.15, -0.1) is 0 Å². The molecule has 0 heterocycles. The molecule has 0 amide bonds. The largest absolute Gasteiger partial charge is 0.327 e. The van der Waals surface area contributed by atoms with Crippen molar-refractivity contribution < 1.29 is 8.50 Å². The number of rotatable bonds is 3. The van der Waals surface area contributed by atoms with Gasteiger partial charge in [-0.2, -0.15) is 0 Å². The van der Waals surface area contributed by atoms with Gasteiger partial charge in [0.2, 0.25) is 10.6 Å². The fourth-order valence-electron chi connectivity index (χ4n) is 1.33. The Hall–Kier alpha value is -0.703. The van der Waals surface area contributed by atoms with Crippen LogP contribution in [0.15, 0.2) is 18.2 Å². The smallest absolute Gasteiger partial charge is 0.201 e. The first-order chi connectivity index (χ1) is 6.74. The molecule has 0 spiro atoms. The first kappa shape index (κ1) is 13.3. The Kier molecular flexibility index (Phi) is 7.29. The summed E-state index contributed by atoms with van der Waals surface area (Å²) in [5.74, 6) is 0. The molecule has 0 radical (unpaired) electrons. The molecule has 0 N–H and O–H groups in total. The number of hydrogen-bond donors (Lipinski definition) is 0. The van der Waals surface area contributed by atoms with Crippen LogP contribution in [0.25, 0.3) is 0 Å². The van der Waals surface area contributed by atoms with E-state index in [0.717, 1.165) is 6.42 Å². The summed E-state index contributed by atoms with van der Waals surface area (Å²) < 4.78 is 21.5. The van der Waals surface area contributed by atoms with Gasteiger partial charge >= 0.3 is 0 Å². The van der Waals surface area contributed by atoms with Crippen LogP contribution in [-0.4, -0.2) is 17.3 Å². The average molecular weight is 216 g/mol. The van der Waals surface area contributed by atoms with Crippen molar-refractivity contribution in [3.8, 4) is 0 Å². The van der Waals surface area contributed by atoms with Crippen LogP contribution in [0.5, 0.6) is 0 Å². The number of benzene rings is 1. The van der Waals surface area contributed by atoms with Crippen LogP contribution in [0.1, 0.15) is 23.1 Å². The summed E-state index contributed by atoms with van der Waals surface area (Å²) in [5, 5.41) is 0. The molecule has 0 aliphatic rings. The average Bonchev–Trinajstić information content (AvgIpc) is 2.22. The molecule has 1 aromatic carbocycles. The molecule has 0 atom stereocenters. The Morgan fingerprint density at radius 2 is 1.86 bits per heavy atom. The highest BCUT2D eigenvalue weighted by Gasteiger charge is 1.97. The Morgan fingerprint density at radius 1 is 1.21 bits per heavy atom. The SMILES string of the molecule is Cc1ccc(C)c(CCCF)c1.F[SiH3]. The molecular weight excluding hydrogens is 198 g/mol. The van der Waals surface area contributed by atoms with Gasteiger partial charge in [0.1, 0.15) is 0 Å². The highest BCUT2D eigenvalue weighted by Crippen LogP contribution is 2.12. The van der Waals surface area contributed by atoms with Crippen LogP contribution in [-0.2, 0) is 6.42 Å². The van der Waals surface area contributed by atoms with Crippen molar-refractivity contribution >= 4 is 10.6 Å². The summed E-state index contributed by atoms with van der Waals surface area (Å²) >= 11 is 0. The highest BCUT2D eigenvalue weighted by molar-refractivity contribution is 5.96. The highest BCUT2D eigenvalue weighted by atomic mass is 28.2. The number of alkyl halides is 1. The lowest BCUT2D eigenvalue weighted by Gasteiger charge is -2.04. The van der Waals surface area contributed by atoms with Crippen molar-refractivity contribution in [2.24, 2.45) is 0 Å². The number of hydrogen-bond acceptors (Lipinski definition) is 0. The fraction of sp³-hybridized carbons (Fsp3) is 0.455. The van der Waals surface area contributed by atoms with Gasteiger partial charge in [0.25, 0.3) is 0 Å². The van der Waals surface area contributed by atoms with Gasteiger partial charge in [-0.05, 0) is 37.8 Å². The van der Waals surface area contributed by atoms with E-state index in [0.29, 0.717) is 6.42 Å². The summed E-state index contributed by atoms with van der Waals surface area (Å²) in [6.45, 7) is 3.93. The predicted molar refractivity (Wildman–Crippen MR) is 61.3 cm³/mol. The van der Waals surface area contributed by atoms with Crippen molar-refractivity contribution in [3.63, 3.8) is 0 Å². The third-order valence-electron chi connectivity index (χ3n) is 2.08. The molecule has 80 valence electrons. The Labute approximate surface area is 87.9 Å². The summed E-state index contributed by atoms with van der Waals surface area (Å²) in [6, 6.07) is 6.34. The van der Waals surface area contributed by atoms with Gasteiger partial charge in [0.15, 0.2) is 0 Å². The molecule has 0 aliphatic heterocycles. The minimum atomic E-state index is -0.215. The van der Waals surface area contributed by atoms with Crippen LogP contribution < -0.4 is 0 Å². The lowest BCUT2D eigenvalue weighted by molar-refractivity contribution is 0.472. The second-order valence-corrected chi connectivity index (χ2v) is 3.22. The molecule has 0 bridgehead atoms. The molecule has 14 heavy (non-hydrogen) atoms. The number of aryl methyl sites for hydroxylation is 3. The molecule has 0 fully saturated rings. The van der Waals surface area contributed by atoms with E-state index in [1.165, 1.54) is 16.7 Å². The zero-order valence-corrected chi connectivity index (χ0v) is 11.1. The molecule has 0 saturated carbocycles. The van der Waals surface area contributed by atoms with Crippen LogP contribution in [0.3, 0.4) is 0 Å². The van der Waals surface area contributed by atoms with Crippen molar-refractivity contribution in [2.45, 2.75) is 26.7 Å². The maximum Gasteiger partial charge on any atom is 0.201 e. The summed E-state index contributed by atoms with van der Waals surface area (Å²) in [5.41, 5.74) is 3.82. The van der Waals surface area contributed by atoms with E-state index in [-0.39, 0.29) is 17.3 Å². The molecule has 1 rings (SSSR count). The maximum absolute atomic E-state index is 11.9. The summed E-state index contributed by atoms with van der Waals surface area (Å²) in [7, 11) is -0.194. The normalized spacial score (nSPS) is 9.43. The Balaban J connectivity index is 0.000000791. The standard InChI is InChI=1S/C11H15F.FH3Si/c1-9-5-6-10(2)11(8-9)4-3-7-12;1-2/h5-6,8H,3-4,7H2,1-2H3;2H3. The van der Waals surface area contributed by atoms with E-state index in [2.05, 4.69) is 32.0 Å². The van der Waals surface area contributed by atoms with Gasteiger partial charge in [0, 0.05) is 0 Å². The van der Waals surface area contributed by atoms with Crippen LogP contribution in [0, 0.1) is 13.8 Å². The monoisotopic (exact) mass is 216 g/mol. The third-order valence-corrected chi connectivity index (χ3v) is 2.08. The van der Waals surface area contributed by atoms with Gasteiger partial charge in [-0.25, -0.2) is 0 Å². The molecular formula is C11H18F2Si. The Morgan fingerprint density at radius 3 is 2.43 bits per heavy atom. The molecule has 0 aromatic heterocycles. The maximum atomic E-state index is 11.9. The first-order valence-corrected chi connectivity index (χ1v) is 5.49. The van der Waals surface area contributed by atoms with Crippen molar-refractivity contribution in [1.82, 2.24) is 0 Å². The summed E-state index contributed by atoms with van der Waals surface area (Å²) in [6.07, 6.45) is 1.51. The lowest BCUT2D eigenvalue weighted by atomic mass is 10.0. The van der Waals surface area contributed by atoms with E-state index < -0.39 is 0 Å². The zero-order chi connectivity index (χ0) is 11.0. The molecule has 0 nitrogen and oxygen atoms in total. The quantitative estimate of drug-likeness (QED) is 0.538.